The first-order chi connectivity index (χ1) is 12.0. The van der Waals surface area contributed by atoms with Crippen molar-refractivity contribution in [3.05, 3.63) is 34.9 Å². The van der Waals surface area contributed by atoms with Gasteiger partial charge in [-0.15, -0.1) is 0 Å². The second-order valence-electron chi connectivity index (χ2n) is 7.32. The van der Waals surface area contributed by atoms with Crippen LogP contribution in [-0.2, 0) is 4.74 Å². The molecule has 1 unspecified atom stereocenters. The van der Waals surface area contributed by atoms with E-state index in [1.54, 1.807) is 0 Å². The highest BCUT2D eigenvalue weighted by molar-refractivity contribution is 5.74. The van der Waals surface area contributed by atoms with Gasteiger partial charge in [0.2, 0.25) is 0 Å². The number of rotatable bonds is 6. The smallest absolute Gasteiger partial charge is 0.314 e. The van der Waals surface area contributed by atoms with Crippen LogP contribution in [0.1, 0.15) is 35.6 Å². The molecule has 2 fully saturated rings. The molecule has 1 heterocycles. The van der Waals surface area contributed by atoms with Gasteiger partial charge in [0.05, 0.1) is 19.3 Å². The van der Waals surface area contributed by atoms with Crippen molar-refractivity contribution < 1.29 is 14.6 Å². The minimum atomic E-state index is -0.696. The fourth-order valence-electron chi connectivity index (χ4n) is 3.60. The van der Waals surface area contributed by atoms with E-state index in [9.17, 15) is 9.90 Å². The summed E-state index contributed by atoms with van der Waals surface area (Å²) in [6, 6.07) is 5.75. The first kappa shape index (κ1) is 18.2. The van der Waals surface area contributed by atoms with Crippen molar-refractivity contribution in [1.82, 2.24) is 15.5 Å². The van der Waals surface area contributed by atoms with Crippen molar-refractivity contribution in [1.29, 1.82) is 0 Å². The van der Waals surface area contributed by atoms with Gasteiger partial charge in [0.15, 0.2) is 0 Å². The van der Waals surface area contributed by atoms with Crippen molar-refractivity contribution in [2.75, 3.05) is 39.4 Å². The molecule has 0 radical (unpaired) electrons. The molecule has 0 spiro atoms. The van der Waals surface area contributed by atoms with E-state index in [4.69, 9.17) is 4.74 Å². The molecule has 1 aliphatic carbocycles. The standard InChI is InChI=1S/C19H29N3O3/c1-14-9-15(2)11-16(10-14)17(23)12-20-18(24)21-13-19(3-4-19)22-5-7-25-8-6-22/h9-11,17,23H,3-8,12-13H2,1-2H3,(H2,20,21,24). The third kappa shape index (κ3) is 4.71. The number of urea groups is 1. The van der Waals surface area contributed by atoms with Crippen LogP contribution in [0.4, 0.5) is 4.79 Å². The highest BCUT2D eigenvalue weighted by Crippen LogP contribution is 2.41. The molecular weight excluding hydrogens is 318 g/mol. The maximum absolute atomic E-state index is 12.1. The highest BCUT2D eigenvalue weighted by atomic mass is 16.5. The van der Waals surface area contributed by atoms with E-state index in [0.29, 0.717) is 6.54 Å². The lowest BCUT2D eigenvalue weighted by molar-refractivity contribution is 0.0102. The molecule has 1 atom stereocenters. The quantitative estimate of drug-likeness (QED) is 0.729. The molecule has 2 amide bonds. The molecule has 1 aliphatic heterocycles. The van der Waals surface area contributed by atoms with Crippen molar-refractivity contribution in [3.8, 4) is 0 Å². The van der Waals surface area contributed by atoms with E-state index in [0.717, 1.165) is 55.8 Å². The molecular formula is C19H29N3O3. The number of ether oxygens (including phenoxy) is 1. The molecule has 6 nitrogen and oxygen atoms in total. The Balaban J connectivity index is 1.43. The molecule has 3 N–H and O–H groups in total. The van der Waals surface area contributed by atoms with Crippen LogP contribution < -0.4 is 10.6 Å². The molecule has 6 heteroatoms. The Morgan fingerprint density at radius 1 is 1.20 bits per heavy atom. The fraction of sp³-hybridized carbons (Fsp3) is 0.632. The zero-order valence-corrected chi connectivity index (χ0v) is 15.2. The van der Waals surface area contributed by atoms with Crippen LogP contribution in [0.15, 0.2) is 18.2 Å². The van der Waals surface area contributed by atoms with E-state index < -0.39 is 6.10 Å². The van der Waals surface area contributed by atoms with Crippen LogP contribution >= 0.6 is 0 Å². The van der Waals surface area contributed by atoms with Crippen LogP contribution in [0, 0.1) is 13.8 Å². The number of benzene rings is 1. The third-order valence-corrected chi connectivity index (χ3v) is 5.17. The summed E-state index contributed by atoms with van der Waals surface area (Å²) in [6.07, 6.45) is 1.55. The third-order valence-electron chi connectivity index (χ3n) is 5.17. The van der Waals surface area contributed by atoms with Crippen LogP contribution in [0.5, 0.6) is 0 Å². The Bertz CT molecular complexity index is 590. The SMILES string of the molecule is Cc1cc(C)cc(C(O)CNC(=O)NCC2(N3CCOCC3)CC2)c1. The molecule has 0 aromatic heterocycles. The molecule has 2 aliphatic rings. The number of hydrogen-bond donors (Lipinski definition) is 3. The van der Waals surface area contributed by atoms with E-state index in [2.05, 4.69) is 21.6 Å². The topological polar surface area (TPSA) is 73.8 Å². The minimum absolute atomic E-state index is 0.118. The van der Waals surface area contributed by atoms with E-state index in [1.165, 1.54) is 0 Å². The van der Waals surface area contributed by atoms with Gasteiger partial charge in [-0.3, -0.25) is 4.90 Å². The predicted molar refractivity (Wildman–Crippen MR) is 96.6 cm³/mol. The Morgan fingerprint density at radius 2 is 1.84 bits per heavy atom. The summed E-state index contributed by atoms with van der Waals surface area (Å²) in [4.78, 5) is 14.5. The fourth-order valence-corrected chi connectivity index (χ4v) is 3.60. The number of aliphatic hydroxyl groups excluding tert-OH is 1. The maximum atomic E-state index is 12.1. The molecule has 1 saturated heterocycles. The average Bonchev–Trinajstić information content (AvgIpc) is 3.39. The summed E-state index contributed by atoms with van der Waals surface area (Å²) in [5.74, 6) is 0. The number of carbonyl (C=O) groups is 1. The Morgan fingerprint density at radius 3 is 2.44 bits per heavy atom. The van der Waals surface area contributed by atoms with Crippen molar-refractivity contribution in [2.24, 2.45) is 0 Å². The molecule has 3 rings (SSSR count). The van der Waals surface area contributed by atoms with Crippen LogP contribution in [-0.4, -0.2) is 61.0 Å². The van der Waals surface area contributed by atoms with Gasteiger partial charge < -0.3 is 20.5 Å². The van der Waals surface area contributed by atoms with Crippen molar-refractivity contribution in [2.45, 2.75) is 38.3 Å². The first-order valence-electron chi connectivity index (χ1n) is 9.09. The molecule has 0 bridgehead atoms. The zero-order chi connectivity index (χ0) is 17.9. The Labute approximate surface area is 149 Å². The summed E-state index contributed by atoms with van der Waals surface area (Å²) < 4.78 is 5.40. The van der Waals surface area contributed by atoms with Gasteiger partial charge in [0.25, 0.3) is 0 Å². The first-order valence-corrected chi connectivity index (χ1v) is 9.09. The van der Waals surface area contributed by atoms with Gasteiger partial charge >= 0.3 is 6.03 Å². The van der Waals surface area contributed by atoms with Crippen molar-refractivity contribution >= 4 is 6.03 Å². The lowest BCUT2D eigenvalue weighted by Crippen LogP contribution is -2.52. The zero-order valence-electron chi connectivity index (χ0n) is 15.2. The summed E-state index contributed by atoms with van der Waals surface area (Å²) in [6.45, 7) is 8.29. The summed E-state index contributed by atoms with van der Waals surface area (Å²) >= 11 is 0. The van der Waals surface area contributed by atoms with Gasteiger partial charge in [-0.1, -0.05) is 29.3 Å². The lowest BCUT2D eigenvalue weighted by Gasteiger charge is -2.35. The van der Waals surface area contributed by atoms with E-state index in [-0.39, 0.29) is 18.1 Å². The van der Waals surface area contributed by atoms with E-state index >= 15 is 0 Å². The minimum Gasteiger partial charge on any atom is -0.387 e. The molecule has 1 aromatic rings. The summed E-state index contributed by atoms with van der Waals surface area (Å²) in [7, 11) is 0. The molecule has 1 aromatic carbocycles. The Kier molecular flexibility index (Phi) is 5.61. The monoisotopic (exact) mass is 347 g/mol. The van der Waals surface area contributed by atoms with Crippen LogP contribution in [0.3, 0.4) is 0 Å². The van der Waals surface area contributed by atoms with Gasteiger partial charge in [0.1, 0.15) is 0 Å². The Hall–Kier alpha value is -1.63. The number of amides is 2. The van der Waals surface area contributed by atoms with Gasteiger partial charge in [-0.05, 0) is 32.3 Å². The predicted octanol–water partition coefficient (Wildman–Crippen LogP) is 1.50. The second kappa shape index (κ2) is 7.72. The molecule has 25 heavy (non-hydrogen) atoms. The number of carbonyl (C=O) groups excluding carboxylic acids is 1. The average molecular weight is 347 g/mol. The van der Waals surface area contributed by atoms with Gasteiger partial charge in [-0.25, -0.2) is 4.79 Å². The molecule has 1 saturated carbocycles. The molecule has 138 valence electrons. The number of nitrogens with one attached hydrogen (secondary N) is 2. The van der Waals surface area contributed by atoms with Crippen LogP contribution in [0.25, 0.3) is 0 Å². The normalized spacial score (nSPS) is 20.8. The second-order valence-corrected chi connectivity index (χ2v) is 7.32. The van der Waals surface area contributed by atoms with Gasteiger partial charge in [0, 0.05) is 31.7 Å². The number of aryl methyl sites for hydroxylation is 2. The summed E-state index contributed by atoms with van der Waals surface area (Å²) in [5, 5.41) is 16.0. The number of hydrogen-bond acceptors (Lipinski definition) is 4. The van der Waals surface area contributed by atoms with Crippen molar-refractivity contribution in [3.63, 3.8) is 0 Å². The largest absolute Gasteiger partial charge is 0.387 e. The maximum Gasteiger partial charge on any atom is 0.314 e. The lowest BCUT2D eigenvalue weighted by atomic mass is 10.0. The number of nitrogens with zero attached hydrogens (tertiary/aromatic N) is 1. The number of aliphatic hydroxyl groups is 1. The summed E-state index contributed by atoms with van der Waals surface area (Å²) in [5.41, 5.74) is 3.18. The van der Waals surface area contributed by atoms with Gasteiger partial charge in [-0.2, -0.15) is 0 Å². The highest BCUT2D eigenvalue weighted by Gasteiger charge is 2.48. The number of morpholine rings is 1. The van der Waals surface area contributed by atoms with E-state index in [1.807, 2.05) is 26.0 Å². The van der Waals surface area contributed by atoms with Crippen LogP contribution in [0.2, 0.25) is 0 Å².